The van der Waals surface area contributed by atoms with E-state index in [9.17, 15) is 4.79 Å². The Kier molecular flexibility index (Phi) is 4.47. The quantitative estimate of drug-likeness (QED) is 0.867. The lowest BCUT2D eigenvalue weighted by molar-refractivity contribution is 0.251. The number of para-hydroxylation sites is 1. The molecular weight excluding hydrogens is 300 g/mol. The molecule has 0 radical (unpaired) electrons. The number of carbonyl (C=O) groups excluding carboxylic acids is 1. The fourth-order valence-electron chi connectivity index (χ4n) is 3.08. The molecule has 4 heteroatoms. The molecule has 0 bridgehead atoms. The molecule has 4 nitrogen and oxygen atoms in total. The van der Waals surface area contributed by atoms with Gasteiger partial charge in [0.15, 0.2) is 0 Å². The van der Waals surface area contributed by atoms with Crippen LogP contribution in [0.25, 0.3) is 0 Å². The number of hydrogen-bond donors (Lipinski definition) is 2. The average Bonchev–Trinajstić information content (AvgIpc) is 3.38. The standard InChI is InChI=1S/C20H24N2O2/c1-14-5-4-6-15(2)18(14)22-19(23)21-13-20(11-12-20)16-7-9-17(24-3)10-8-16/h4-10H,11-13H2,1-3H3,(H2,21,22,23). The van der Waals surface area contributed by atoms with Crippen LogP contribution < -0.4 is 15.4 Å². The lowest BCUT2D eigenvalue weighted by Gasteiger charge is -2.18. The Morgan fingerprint density at radius 3 is 2.25 bits per heavy atom. The van der Waals surface area contributed by atoms with Crippen molar-refractivity contribution in [3.8, 4) is 5.75 Å². The van der Waals surface area contributed by atoms with E-state index in [4.69, 9.17) is 4.74 Å². The fraction of sp³-hybridized carbons (Fsp3) is 0.350. The zero-order chi connectivity index (χ0) is 17.2. The van der Waals surface area contributed by atoms with Crippen LogP contribution >= 0.6 is 0 Å². The van der Waals surface area contributed by atoms with Gasteiger partial charge >= 0.3 is 6.03 Å². The molecule has 1 aliphatic carbocycles. The van der Waals surface area contributed by atoms with Gasteiger partial charge in [-0.3, -0.25) is 0 Å². The number of anilines is 1. The van der Waals surface area contributed by atoms with Crippen molar-refractivity contribution < 1.29 is 9.53 Å². The Bertz CT molecular complexity index is 714. The van der Waals surface area contributed by atoms with Crippen LogP contribution in [0.15, 0.2) is 42.5 Å². The fourth-order valence-corrected chi connectivity index (χ4v) is 3.08. The van der Waals surface area contributed by atoms with Gasteiger partial charge in [0.05, 0.1) is 7.11 Å². The van der Waals surface area contributed by atoms with Gasteiger partial charge in [-0.1, -0.05) is 30.3 Å². The normalized spacial score (nSPS) is 14.8. The second-order valence-electron chi connectivity index (χ2n) is 6.58. The van der Waals surface area contributed by atoms with Crippen molar-refractivity contribution in [2.24, 2.45) is 0 Å². The summed E-state index contributed by atoms with van der Waals surface area (Å²) in [4.78, 5) is 12.3. The van der Waals surface area contributed by atoms with E-state index < -0.39 is 0 Å². The first-order valence-corrected chi connectivity index (χ1v) is 8.30. The molecule has 0 unspecified atom stereocenters. The molecular formula is C20H24N2O2. The van der Waals surface area contributed by atoms with E-state index >= 15 is 0 Å². The summed E-state index contributed by atoms with van der Waals surface area (Å²) in [6.07, 6.45) is 2.20. The number of benzene rings is 2. The summed E-state index contributed by atoms with van der Waals surface area (Å²) >= 11 is 0. The van der Waals surface area contributed by atoms with Crippen molar-refractivity contribution >= 4 is 11.7 Å². The van der Waals surface area contributed by atoms with Gasteiger partial charge in [-0.25, -0.2) is 4.79 Å². The van der Waals surface area contributed by atoms with Gasteiger partial charge in [-0.15, -0.1) is 0 Å². The summed E-state index contributed by atoms with van der Waals surface area (Å²) in [6, 6.07) is 14.0. The minimum absolute atomic E-state index is 0.0738. The van der Waals surface area contributed by atoms with E-state index in [1.54, 1.807) is 7.11 Å². The molecule has 24 heavy (non-hydrogen) atoms. The van der Waals surface area contributed by atoms with Crippen molar-refractivity contribution in [2.75, 3.05) is 19.0 Å². The van der Waals surface area contributed by atoms with Crippen molar-refractivity contribution in [3.63, 3.8) is 0 Å². The van der Waals surface area contributed by atoms with Gasteiger partial charge in [0, 0.05) is 17.6 Å². The summed E-state index contributed by atoms with van der Waals surface area (Å²) < 4.78 is 5.21. The Morgan fingerprint density at radius 2 is 1.71 bits per heavy atom. The van der Waals surface area contributed by atoms with Crippen LogP contribution in [0.2, 0.25) is 0 Å². The Morgan fingerprint density at radius 1 is 1.08 bits per heavy atom. The molecule has 1 saturated carbocycles. The maximum atomic E-state index is 12.3. The number of ether oxygens (including phenoxy) is 1. The largest absolute Gasteiger partial charge is 0.497 e. The molecule has 0 heterocycles. The van der Waals surface area contributed by atoms with Gasteiger partial charge in [0.2, 0.25) is 0 Å². The Labute approximate surface area is 143 Å². The smallest absolute Gasteiger partial charge is 0.319 e. The molecule has 0 saturated heterocycles. The van der Waals surface area contributed by atoms with Crippen molar-refractivity contribution in [3.05, 3.63) is 59.2 Å². The summed E-state index contributed by atoms with van der Waals surface area (Å²) in [5.74, 6) is 0.857. The van der Waals surface area contributed by atoms with Crippen LogP contribution in [-0.2, 0) is 5.41 Å². The van der Waals surface area contributed by atoms with Crippen molar-refractivity contribution in [1.82, 2.24) is 5.32 Å². The highest BCUT2D eigenvalue weighted by molar-refractivity contribution is 5.91. The molecule has 0 atom stereocenters. The minimum atomic E-state index is -0.146. The second-order valence-corrected chi connectivity index (χ2v) is 6.58. The molecule has 1 fully saturated rings. The van der Waals surface area contributed by atoms with Crippen LogP contribution in [0.3, 0.4) is 0 Å². The van der Waals surface area contributed by atoms with E-state index in [1.807, 2.05) is 44.2 Å². The van der Waals surface area contributed by atoms with Crippen LogP contribution in [0.4, 0.5) is 10.5 Å². The maximum Gasteiger partial charge on any atom is 0.319 e. The van der Waals surface area contributed by atoms with Crippen molar-refractivity contribution in [2.45, 2.75) is 32.1 Å². The summed E-state index contributed by atoms with van der Waals surface area (Å²) in [6.45, 7) is 4.65. The Hall–Kier alpha value is -2.49. The average molecular weight is 324 g/mol. The first-order chi connectivity index (χ1) is 11.5. The van der Waals surface area contributed by atoms with E-state index in [-0.39, 0.29) is 11.4 Å². The zero-order valence-electron chi connectivity index (χ0n) is 14.5. The third-order valence-electron chi connectivity index (χ3n) is 4.86. The molecule has 2 aromatic carbocycles. The summed E-state index contributed by atoms with van der Waals surface area (Å²) in [7, 11) is 1.67. The lowest BCUT2D eigenvalue weighted by atomic mass is 9.96. The third kappa shape index (κ3) is 3.37. The Balaban J connectivity index is 1.61. The topological polar surface area (TPSA) is 50.4 Å². The predicted molar refractivity (Wildman–Crippen MR) is 96.8 cm³/mol. The maximum absolute atomic E-state index is 12.3. The van der Waals surface area contributed by atoms with Gasteiger partial charge in [-0.05, 0) is 55.5 Å². The summed E-state index contributed by atoms with van der Waals surface area (Å²) in [5, 5.41) is 6.01. The highest BCUT2D eigenvalue weighted by Gasteiger charge is 2.44. The molecule has 0 aliphatic heterocycles. The van der Waals surface area contributed by atoms with Crippen LogP contribution in [0, 0.1) is 13.8 Å². The molecule has 2 amide bonds. The van der Waals surface area contributed by atoms with E-state index in [0.29, 0.717) is 6.54 Å². The van der Waals surface area contributed by atoms with Gasteiger partial charge in [0.25, 0.3) is 0 Å². The number of methoxy groups -OCH3 is 1. The van der Waals surface area contributed by atoms with Crippen molar-refractivity contribution in [1.29, 1.82) is 0 Å². The number of carbonyl (C=O) groups is 1. The number of rotatable bonds is 5. The first kappa shape index (κ1) is 16.4. The number of aryl methyl sites for hydroxylation is 2. The monoisotopic (exact) mass is 324 g/mol. The van der Waals surface area contributed by atoms with Crippen LogP contribution in [-0.4, -0.2) is 19.7 Å². The number of urea groups is 1. The second kappa shape index (κ2) is 6.56. The van der Waals surface area contributed by atoms with Gasteiger partial charge in [-0.2, -0.15) is 0 Å². The molecule has 3 rings (SSSR count). The molecule has 2 N–H and O–H groups in total. The highest BCUT2D eigenvalue weighted by atomic mass is 16.5. The zero-order valence-corrected chi connectivity index (χ0v) is 14.5. The van der Waals surface area contributed by atoms with Gasteiger partial charge in [0.1, 0.15) is 5.75 Å². The SMILES string of the molecule is COc1ccc(C2(CNC(=O)Nc3c(C)cccc3C)CC2)cc1. The van der Waals surface area contributed by atoms with Crippen LogP contribution in [0.1, 0.15) is 29.5 Å². The molecule has 0 spiro atoms. The van der Waals surface area contributed by atoms with Crippen LogP contribution in [0.5, 0.6) is 5.75 Å². The summed E-state index contributed by atoms with van der Waals surface area (Å²) in [5.41, 5.74) is 4.37. The number of nitrogens with one attached hydrogen (secondary N) is 2. The highest BCUT2D eigenvalue weighted by Crippen LogP contribution is 2.47. The number of amides is 2. The predicted octanol–water partition coefficient (Wildman–Crippen LogP) is 4.17. The minimum Gasteiger partial charge on any atom is -0.497 e. The van der Waals surface area contributed by atoms with Gasteiger partial charge < -0.3 is 15.4 Å². The molecule has 126 valence electrons. The third-order valence-corrected chi connectivity index (χ3v) is 4.86. The number of hydrogen-bond acceptors (Lipinski definition) is 2. The first-order valence-electron chi connectivity index (χ1n) is 8.30. The molecule has 2 aromatic rings. The molecule has 1 aliphatic rings. The van der Waals surface area contributed by atoms with E-state index in [0.717, 1.165) is 35.4 Å². The van der Waals surface area contributed by atoms with E-state index in [1.165, 1.54) is 5.56 Å². The lowest BCUT2D eigenvalue weighted by Crippen LogP contribution is -2.35. The molecule has 0 aromatic heterocycles. The van der Waals surface area contributed by atoms with E-state index in [2.05, 4.69) is 22.8 Å².